The van der Waals surface area contributed by atoms with Crippen molar-refractivity contribution in [3.8, 4) is 0 Å². The number of aliphatic hydroxyl groups is 8. The Bertz CT molecular complexity index is 1970. The highest BCUT2D eigenvalue weighted by Gasteiger charge is 2.51. The average Bonchev–Trinajstić information content (AvgIpc) is 0.797. The van der Waals surface area contributed by atoms with Crippen LogP contribution < -0.4 is 5.32 Å². The van der Waals surface area contributed by atoms with E-state index in [-0.39, 0.29) is 12.5 Å². The van der Waals surface area contributed by atoms with Crippen LogP contribution in [0.5, 0.6) is 0 Å². The molecule has 0 aromatic rings. The summed E-state index contributed by atoms with van der Waals surface area (Å²) in [5.41, 5.74) is 0. The van der Waals surface area contributed by atoms with Gasteiger partial charge in [-0.25, -0.2) is 0 Å². The molecule has 12 atom stereocenters. The molecule has 2 rings (SSSR count). The number of hydrogen-bond acceptors (Lipinski definition) is 13. The zero-order chi connectivity index (χ0) is 70.8. The molecule has 9 N–H and O–H groups in total. The number of unbranched alkanes of at least 4 members (excludes halogenated alkanes) is 41. The van der Waals surface area contributed by atoms with E-state index in [0.29, 0.717) is 12.8 Å². The van der Waals surface area contributed by atoms with E-state index in [0.717, 1.165) is 103 Å². The van der Waals surface area contributed by atoms with Crippen LogP contribution in [0.3, 0.4) is 0 Å². The second-order valence-electron chi connectivity index (χ2n) is 28.5. The van der Waals surface area contributed by atoms with Crippen molar-refractivity contribution < 1.29 is 64.6 Å². The number of amides is 1. The number of aliphatic hydroxyl groups excluding tert-OH is 8. The van der Waals surface area contributed by atoms with E-state index in [1.807, 2.05) is 0 Å². The van der Waals surface area contributed by atoms with E-state index < -0.39 is 86.8 Å². The van der Waals surface area contributed by atoms with Crippen molar-refractivity contribution in [2.45, 2.75) is 421 Å². The molecule has 0 saturated carbocycles. The summed E-state index contributed by atoms with van der Waals surface area (Å²) in [5.74, 6) is -0.206. The van der Waals surface area contributed by atoms with E-state index >= 15 is 0 Å². The van der Waals surface area contributed by atoms with Crippen molar-refractivity contribution in [1.29, 1.82) is 0 Å². The van der Waals surface area contributed by atoms with Gasteiger partial charge >= 0.3 is 0 Å². The van der Waals surface area contributed by atoms with Gasteiger partial charge in [0.2, 0.25) is 5.91 Å². The monoisotopic (exact) mass is 1380 g/mol. The van der Waals surface area contributed by atoms with Gasteiger partial charge in [0, 0.05) is 6.42 Å². The van der Waals surface area contributed by atoms with E-state index in [1.165, 1.54) is 218 Å². The Morgan fingerprint density at radius 3 is 1.08 bits per heavy atom. The Kier molecular flexibility index (Phi) is 62.7. The van der Waals surface area contributed by atoms with E-state index in [1.54, 1.807) is 0 Å². The highest BCUT2D eigenvalue weighted by atomic mass is 16.7. The molecule has 12 unspecified atom stereocenters. The maximum Gasteiger partial charge on any atom is 0.220 e. The Hall–Kier alpha value is -2.83. The van der Waals surface area contributed by atoms with E-state index in [4.69, 9.17) is 18.9 Å². The third-order valence-corrected chi connectivity index (χ3v) is 19.6. The lowest BCUT2D eigenvalue weighted by atomic mass is 9.97. The third-order valence-electron chi connectivity index (χ3n) is 19.6. The molecule has 14 nitrogen and oxygen atoms in total. The molecule has 2 aliphatic rings. The third kappa shape index (κ3) is 49.7. The first-order valence-electron chi connectivity index (χ1n) is 40.8. The van der Waals surface area contributed by atoms with Crippen molar-refractivity contribution in [2.24, 2.45) is 0 Å². The lowest BCUT2D eigenvalue weighted by Gasteiger charge is -2.46. The van der Waals surface area contributed by atoms with Gasteiger partial charge in [0.25, 0.3) is 0 Å². The number of allylic oxidation sites excluding steroid dienone is 14. The summed E-state index contributed by atoms with van der Waals surface area (Å²) in [6.45, 7) is 2.80. The highest BCUT2D eigenvalue weighted by Crippen LogP contribution is 2.30. The second kappa shape index (κ2) is 67.4. The van der Waals surface area contributed by atoms with Crippen LogP contribution in [-0.2, 0) is 23.7 Å². The molecule has 2 heterocycles. The summed E-state index contributed by atoms with van der Waals surface area (Å²) >= 11 is 0. The van der Waals surface area contributed by atoms with Crippen molar-refractivity contribution in [2.75, 3.05) is 19.8 Å². The van der Waals surface area contributed by atoms with Crippen molar-refractivity contribution in [3.05, 3.63) is 85.1 Å². The first-order chi connectivity index (χ1) is 48.1. The molecule has 98 heavy (non-hydrogen) atoms. The van der Waals surface area contributed by atoms with E-state index in [9.17, 15) is 45.6 Å². The fraction of sp³-hybridized carbons (Fsp3) is 0.821. The fourth-order valence-electron chi connectivity index (χ4n) is 13.2. The lowest BCUT2D eigenvalue weighted by molar-refractivity contribution is -0.359. The molecule has 0 bridgehead atoms. The van der Waals surface area contributed by atoms with Gasteiger partial charge in [-0.15, -0.1) is 0 Å². The summed E-state index contributed by atoms with van der Waals surface area (Å²) in [7, 11) is 0. The van der Waals surface area contributed by atoms with Crippen LogP contribution in [0.15, 0.2) is 85.1 Å². The average molecular weight is 1380 g/mol. The Labute approximate surface area is 599 Å². The van der Waals surface area contributed by atoms with Gasteiger partial charge in [0.1, 0.15) is 48.8 Å². The number of carbonyl (C=O) groups excluding carboxylic acids is 1. The zero-order valence-corrected chi connectivity index (χ0v) is 62.5. The molecule has 14 heteroatoms. The molecular weight excluding hydrogens is 1230 g/mol. The van der Waals surface area contributed by atoms with Crippen LogP contribution in [0.1, 0.15) is 348 Å². The Morgan fingerprint density at radius 2 is 0.704 bits per heavy atom. The summed E-state index contributed by atoms with van der Waals surface area (Å²) in [6, 6.07) is -0.836. The Morgan fingerprint density at radius 1 is 0.378 bits per heavy atom. The van der Waals surface area contributed by atoms with Crippen LogP contribution in [0.25, 0.3) is 0 Å². The molecular formula is C84H151NO13. The van der Waals surface area contributed by atoms with Gasteiger partial charge in [-0.05, 0) is 70.6 Å². The minimum absolute atomic E-state index is 0.206. The molecule has 0 spiro atoms. The van der Waals surface area contributed by atoms with Crippen molar-refractivity contribution >= 4 is 5.91 Å². The van der Waals surface area contributed by atoms with E-state index in [2.05, 4.69) is 104 Å². The highest BCUT2D eigenvalue weighted by molar-refractivity contribution is 5.76. The molecule has 2 fully saturated rings. The lowest BCUT2D eigenvalue weighted by Crippen LogP contribution is -2.65. The van der Waals surface area contributed by atoms with Gasteiger partial charge in [-0.3, -0.25) is 4.79 Å². The van der Waals surface area contributed by atoms with Crippen LogP contribution in [0, 0.1) is 0 Å². The minimum Gasteiger partial charge on any atom is -0.394 e. The van der Waals surface area contributed by atoms with Crippen molar-refractivity contribution in [3.63, 3.8) is 0 Å². The normalized spacial score (nSPS) is 22.5. The molecule has 1 amide bonds. The maximum atomic E-state index is 13.4. The number of rotatable bonds is 68. The summed E-state index contributed by atoms with van der Waals surface area (Å²) < 4.78 is 23.0. The number of ether oxygens (including phenoxy) is 4. The predicted molar refractivity (Wildman–Crippen MR) is 406 cm³/mol. The summed E-state index contributed by atoms with van der Waals surface area (Å²) in [6.07, 6.45) is 77.6. The minimum atomic E-state index is -1.79. The molecule has 0 aliphatic carbocycles. The van der Waals surface area contributed by atoms with Crippen LogP contribution in [0.4, 0.5) is 0 Å². The first kappa shape index (κ1) is 91.3. The number of nitrogens with one attached hydrogen (secondary N) is 1. The van der Waals surface area contributed by atoms with Gasteiger partial charge in [-0.2, -0.15) is 0 Å². The number of hydrogen-bond donors (Lipinski definition) is 9. The predicted octanol–water partition coefficient (Wildman–Crippen LogP) is 18.7. The van der Waals surface area contributed by atoms with Crippen LogP contribution in [0.2, 0.25) is 0 Å². The smallest absolute Gasteiger partial charge is 0.220 e. The maximum absolute atomic E-state index is 13.4. The largest absolute Gasteiger partial charge is 0.394 e. The van der Waals surface area contributed by atoms with Gasteiger partial charge in [-0.1, -0.05) is 356 Å². The number of carbonyl (C=O) groups is 1. The van der Waals surface area contributed by atoms with Crippen LogP contribution in [-0.4, -0.2) is 140 Å². The molecule has 0 aromatic carbocycles. The molecule has 2 saturated heterocycles. The van der Waals surface area contributed by atoms with Gasteiger partial charge in [0.05, 0.1) is 32.0 Å². The summed E-state index contributed by atoms with van der Waals surface area (Å²) in [5, 5.41) is 87.9. The zero-order valence-electron chi connectivity index (χ0n) is 62.5. The topological polar surface area (TPSA) is 228 Å². The van der Waals surface area contributed by atoms with Crippen molar-refractivity contribution in [1.82, 2.24) is 5.32 Å². The van der Waals surface area contributed by atoms with Gasteiger partial charge < -0.3 is 65.1 Å². The molecule has 570 valence electrons. The SMILES string of the molecule is CC/C=C\C/C=C\C/C=C\C/C=C\C/C=C\C/C=C\C/C=C\CCCCCCCCCCCCCCCC(=O)NC(COC1OC(CO)C(OC2OC(CO)C(O)C(O)C2O)C(O)C1O)C(O)CCCCCCCCCCCCCCCCCCCCCCCCCCCCCCC. The van der Waals surface area contributed by atoms with Gasteiger partial charge in [0.15, 0.2) is 12.6 Å². The summed E-state index contributed by atoms with van der Waals surface area (Å²) in [4.78, 5) is 13.4. The standard InChI is InChI=1S/C84H151NO13/c1-3-5-7-9-11-13-15-17-19-21-23-25-27-29-31-33-34-35-36-37-38-40-42-44-46-48-50-52-54-56-58-60-62-64-66-68-76(89)85-72(71-95-83-81(94)79(92)82(75(70-87)97-83)98-84-80(93)78(91)77(90)74(69-86)96-84)73(88)67-65-63-61-59-57-55-53-51-49-47-45-43-41-39-32-30-28-26-24-22-20-18-16-14-12-10-8-6-4-2/h5,7,11,13,17,19,23,25,29,31,34-35,37-38,72-75,77-84,86-88,90-94H,3-4,6,8-10,12,14-16,18,20-22,24,26-28,30,32-33,36,39-71H2,1-2H3,(H,85,89)/b7-5-,13-11-,19-17-,25-23-,31-29-,35-34-,38-37-. The molecule has 0 aromatic heterocycles. The second-order valence-corrected chi connectivity index (χ2v) is 28.5. The first-order valence-corrected chi connectivity index (χ1v) is 40.8. The fourth-order valence-corrected chi connectivity index (χ4v) is 13.2. The quantitative estimate of drug-likeness (QED) is 0.0204. The van der Waals surface area contributed by atoms with Crippen LogP contribution >= 0.6 is 0 Å². The Balaban J connectivity index is 1.61. The molecule has 0 radical (unpaired) electrons. The molecule has 2 aliphatic heterocycles.